The minimum Gasteiger partial charge on any atom is -0.355 e. The van der Waals surface area contributed by atoms with Crippen LogP contribution >= 0.6 is 0 Å². The van der Waals surface area contributed by atoms with Gasteiger partial charge in [-0.3, -0.25) is 9.79 Å². The molecule has 0 rings (SSSR count). The first-order chi connectivity index (χ1) is 4.85. The van der Waals surface area contributed by atoms with Crippen molar-refractivity contribution in [2.75, 3.05) is 6.54 Å². The van der Waals surface area contributed by atoms with Gasteiger partial charge >= 0.3 is 0 Å². The van der Waals surface area contributed by atoms with Crippen molar-refractivity contribution in [3.05, 3.63) is 24.4 Å². The Bertz CT molecular complexity index is 161. The Kier molecular flexibility index (Phi) is 4.96. The fourth-order valence-corrected chi connectivity index (χ4v) is 0.447. The minimum absolute atomic E-state index is 0.450. The van der Waals surface area contributed by atoms with E-state index < -0.39 is 0 Å². The highest BCUT2D eigenvalue weighted by Gasteiger charge is 1.86. The molecule has 0 radical (unpaired) electrons. The molecular weight excluding hydrogens is 128 g/mol. The molecule has 1 N–H and O–H groups in total. The number of nitrogens with zero attached hydrogens (tertiary/aromatic N) is 1. The molecule has 0 fully saturated rings. The van der Waals surface area contributed by atoms with Gasteiger partial charge < -0.3 is 5.32 Å². The predicted molar refractivity (Wildman–Crippen MR) is 41.9 cm³/mol. The van der Waals surface area contributed by atoms with Crippen molar-refractivity contribution >= 4 is 13.1 Å². The lowest BCUT2D eigenvalue weighted by atomic mass is 10.3. The van der Waals surface area contributed by atoms with Crippen LogP contribution in [-0.2, 0) is 4.79 Å². The van der Waals surface area contributed by atoms with Gasteiger partial charge in [0.2, 0.25) is 6.41 Å². The van der Waals surface area contributed by atoms with Crippen LogP contribution in [0.1, 0.15) is 0 Å². The van der Waals surface area contributed by atoms with Crippen LogP contribution < -0.4 is 5.32 Å². The highest BCUT2D eigenvalue weighted by molar-refractivity contribution is 5.47. The van der Waals surface area contributed by atoms with Gasteiger partial charge in [0, 0.05) is 12.7 Å². The van der Waals surface area contributed by atoms with Crippen LogP contribution in [0, 0.1) is 0 Å². The van der Waals surface area contributed by atoms with Crippen LogP contribution in [-0.4, -0.2) is 19.7 Å². The van der Waals surface area contributed by atoms with E-state index in [0.717, 1.165) is 5.57 Å². The fraction of sp³-hybridized carbons (Fsp3) is 0.143. The van der Waals surface area contributed by atoms with Crippen LogP contribution in [0.3, 0.4) is 0 Å². The topological polar surface area (TPSA) is 41.5 Å². The number of hydrogen-bond acceptors (Lipinski definition) is 2. The molecule has 54 valence electrons. The summed E-state index contributed by atoms with van der Waals surface area (Å²) in [7, 11) is 0. The Hall–Kier alpha value is -1.38. The van der Waals surface area contributed by atoms with E-state index in [9.17, 15) is 4.79 Å². The fourth-order valence-electron chi connectivity index (χ4n) is 0.447. The van der Waals surface area contributed by atoms with Gasteiger partial charge in [0.15, 0.2) is 0 Å². The smallest absolute Gasteiger partial charge is 0.207 e. The van der Waals surface area contributed by atoms with Gasteiger partial charge in [-0.15, -0.1) is 0 Å². The van der Waals surface area contributed by atoms with Crippen LogP contribution in [0.25, 0.3) is 0 Å². The molecule has 0 unspecified atom stereocenters. The van der Waals surface area contributed by atoms with E-state index in [1.807, 2.05) is 0 Å². The Morgan fingerprint density at radius 1 is 1.70 bits per heavy atom. The zero-order chi connectivity index (χ0) is 7.82. The number of nitrogens with one attached hydrogen (secondary N) is 1. The summed E-state index contributed by atoms with van der Waals surface area (Å²) in [5.74, 6) is 0. The van der Waals surface area contributed by atoms with Crippen molar-refractivity contribution in [3.8, 4) is 0 Å². The summed E-state index contributed by atoms with van der Waals surface area (Å²) in [6.07, 6.45) is 3.79. The molecule has 3 nitrogen and oxygen atoms in total. The summed E-state index contributed by atoms with van der Waals surface area (Å²) in [5.41, 5.74) is 0.835. The Morgan fingerprint density at radius 2 is 2.40 bits per heavy atom. The van der Waals surface area contributed by atoms with Gasteiger partial charge in [-0.1, -0.05) is 12.7 Å². The van der Waals surface area contributed by atoms with Crippen LogP contribution in [0.5, 0.6) is 0 Å². The molecule has 0 heterocycles. The normalized spacial score (nSPS) is 10.2. The quantitative estimate of drug-likeness (QED) is 0.335. The number of rotatable bonds is 5. The zero-order valence-electron chi connectivity index (χ0n) is 5.71. The average molecular weight is 138 g/mol. The van der Waals surface area contributed by atoms with E-state index in [-0.39, 0.29) is 0 Å². The minimum atomic E-state index is 0.450. The molecule has 0 saturated heterocycles. The molecule has 0 aromatic heterocycles. The maximum atomic E-state index is 9.81. The van der Waals surface area contributed by atoms with Crippen LogP contribution in [0.2, 0.25) is 0 Å². The van der Waals surface area contributed by atoms with Crippen molar-refractivity contribution < 1.29 is 4.79 Å². The van der Waals surface area contributed by atoms with Gasteiger partial charge in [0.1, 0.15) is 0 Å². The molecule has 0 aliphatic rings. The van der Waals surface area contributed by atoms with E-state index in [2.05, 4.69) is 23.6 Å². The van der Waals surface area contributed by atoms with E-state index in [1.54, 1.807) is 12.3 Å². The summed E-state index contributed by atoms with van der Waals surface area (Å²) < 4.78 is 0. The standard InChI is InChI=1S/C7H10N2O/c1-3-7(4-8-2)5-9-6-10/h3-4,6H,1-2,5H2,(H,9,10)/b7-4+. The first kappa shape index (κ1) is 8.62. The highest BCUT2D eigenvalue weighted by Crippen LogP contribution is 1.91. The van der Waals surface area contributed by atoms with Gasteiger partial charge in [0.05, 0.1) is 0 Å². The zero-order valence-corrected chi connectivity index (χ0v) is 5.71. The number of amides is 1. The summed E-state index contributed by atoms with van der Waals surface area (Å²) in [6.45, 7) is 7.24. The van der Waals surface area contributed by atoms with Crippen molar-refractivity contribution in [2.24, 2.45) is 4.99 Å². The molecule has 0 bridgehead atoms. The van der Waals surface area contributed by atoms with Crippen LogP contribution in [0.4, 0.5) is 0 Å². The number of aliphatic imine (C=N–C) groups is 1. The first-order valence-electron chi connectivity index (χ1n) is 2.79. The molecule has 0 spiro atoms. The van der Waals surface area contributed by atoms with Gasteiger partial charge in [-0.05, 0) is 12.3 Å². The van der Waals surface area contributed by atoms with Gasteiger partial charge in [0.25, 0.3) is 0 Å². The van der Waals surface area contributed by atoms with Crippen molar-refractivity contribution in [3.63, 3.8) is 0 Å². The molecule has 0 aliphatic heterocycles. The molecule has 0 saturated carbocycles. The average Bonchev–Trinajstić information content (AvgIpc) is 1.98. The van der Waals surface area contributed by atoms with Gasteiger partial charge in [-0.2, -0.15) is 0 Å². The molecular formula is C7H10N2O. The van der Waals surface area contributed by atoms with E-state index >= 15 is 0 Å². The van der Waals surface area contributed by atoms with E-state index in [1.165, 1.54) is 0 Å². The maximum absolute atomic E-state index is 9.81. The van der Waals surface area contributed by atoms with Crippen molar-refractivity contribution in [1.29, 1.82) is 0 Å². The Labute approximate surface area is 60.2 Å². The predicted octanol–water partition coefficient (Wildman–Crippen LogP) is 0.503. The summed E-state index contributed by atoms with van der Waals surface area (Å²) in [6, 6.07) is 0. The third-order valence-electron chi connectivity index (χ3n) is 0.909. The largest absolute Gasteiger partial charge is 0.355 e. The highest BCUT2D eigenvalue weighted by atomic mass is 16.1. The number of carbonyl (C=O) groups is 1. The lowest BCUT2D eigenvalue weighted by Gasteiger charge is -1.96. The Morgan fingerprint density at radius 3 is 2.80 bits per heavy atom. The summed E-state index contributed by atoms with van der Waals surface area (Å²) in [4.78, 5) is 13.3. The first-order valence-corrected chi connectivity index (χ1v) is 2.79. The van der Waals surface area contributed by atoms with Crippen molar-refractivity contribution in [2.45, 2.75) is 0 Å². The van der Waals surface area contributed by atoms with Crippen LogP contribution in [0.15, 0.2) is 29.4 Å². The molecule has 3 heteroatoms. The Balaban J connectivity index is 3.81. The second-order valence-electron chi connectivity index (χ2n) is 1.59. The lowest BCUT2D eigenvalue weighted by molar-refractivity contribution is -0.109. The van der Waals surface area contributed by atoms with Gasteiger partial charge in [-0.25, -0.2) is 0 Å². The maximum Gasteiger partial charge on any atom is 0.207 e. The van der Waals surface area contributed by atoms with E-state index in [0.29, 0.717) is 13.0 Å². The SMILES string of the molecule is C=C/C(=C\N=C)CNC=O. The molecule has 0 aromatic rings. The second-order valence-corrected chi connectivity index (χ2v) is 1.59. The molecule has 10 heavy (non-hydrogen) atoms. The van der Waals surface area contributed by atoms with Crippen molar-refractivity contribution in [1.82, 2.24) is 5.32 Å². The summed E-state index contributed by atoms with van der Waals surface area (Å²) >= 11 is 0. The lowest BCUT2D eigenvalue weighted by Crippen LogP contribution is -2.13. The number of carbonyl (C=O) groups excluding carboxylic acids is 1. The molecule has 0 atom stereocenters. The number of hydrogen-bond donors (Lipinski definition) is 1. The third-order valence-corrected chi connectivity index (χ3v) is 0.909. The molecule has 0 aliphatic carbocycles. The monoisotopic (exact) mass is 138 g/mol. The second kappa shape index (κ2) is 5.75. The molecule has 0 aromatic carbocycles. The molecule has 1 amide bonds. The summed E-state index contributed by atoms with van der Waals surface area (Å²) in [5, 5.41) is 2.48. The third kappa shape index (κ3) is 3.60. The van der Waals surface area contributed by atoms with E-state index in [4.69, 9.17) is 0 Å².